The number of carbonyl (C=O) groups is 1. The summed E-state index contributed by atoms with van der Waals surface area (Å²) in [6, 6.07) is 20.7. The summed E-state index contributed by atoms with van der Waals surface area (Å²) in [4.78, 5) is 12.9. The number of rotatable bonds is 5. The number of aryl methyl sites for hydroxylation is 1. The molecule has 0 atom stereocenters. The number of fused-ring (bicyclic) bond motifs is 1. The van der Waals surface area contributed by atoms with Gasteiger partial charge in [0.05, 0.1) is 5.56 Å². The van der Waals surface area contributed by atoms with Gasteiger partial charge in [-0.1, -0.05) is 60.1 Å². The van der Waals surface area contributed by atoms with Gasteiger partial charge in [-0.15, -0.1) is 10.2 Å². The van der Waals surface area contributed by atoms with E-state index >= 15 is 0 Å². The number of esters is 1. The van der Waals surface area contributed by atoms with Gasteiger partial charge >= 0.3 is 5.97 Å². The molecule has 5 nitrogen and oxygen atoms in total. The van der Waals surface area contributed by atoms with Gasteiger partial charge in [0.1, 0.15) is 5.75 Å². The van der Waals surface area contributed by atoms with Crippen molar-refractivity contribution in [3.8, 4) is 17.4 Å². The van der Waals surface area contributed by atoms with Gasteiger partial charge < -0.3 is 9.47 Å². The molecule has 4 aromatic rings. The van der Waals surface area contributed by atoms with E-state index in [1.807, 2.05) is 49.4 Å². The lowest BCUT2D eigenvalue weighted by molar-refractivity contribution is 0.0729. The molecule has 0 spiro atoms. The number of halogens is 1. The predicted octanol–water partition coefficient (Wildman–Crippen LogP) is 6.48. The minimum atomic E-state index is -0.521. The van der Waals surface area contributed by atoms with E-state index in [0.29, 0.717) is 11.5 Å². The maximum absolute atomic E-state index is 12.9. The van der Waals surface area contributed by atoms with Crippen molar-refractivity contribution >= 4 is 28.3 Å². The van der Waals surface area contributed by atoms with Crippen LogP contribution in [0, 0.1) is 6.92 Å². The van der Waals surface area contributed by atoms with Gasteiger partial charge in [-0.2, -0.15) is 0 Å². The van der Waals surface area contributed by atoms with Crippen LogP contribution in [0.4, 0.5) is 0 Å². The molecule has 31 heavy (non-hydrogen) atoms. The van der Waals surface area contributed by atoms with Crippen molar-refractivity contribution in [3.05, 3.63) is 88.6 Å². The molecule has 5 rings (SSSR count). The monoisotopic (exact) mass is 430 g/mol. The number of hydrogen-bond acceptors (Lipinski definition) is 5. The SMILES string of the molecule is Cc1cccc(C2CC2)c1Oc1nnc(Cl)cc1OC(=O)c1ccc2ccccc2c1. The fraction of sp³-hybridized carbons (Fsp3) is 0.160. The zero-order valence-corrected chi connectivity index (χ0v) is 17.6. The zero-order chi connectivity index (χ0) is 21.4. The molecule has 6 heteroatoms. The summed E-state index contributed by atoms with van der Waals surface area (Å²) in [5.41, 5.74) is 2.53. The Bertz CT molecular complexity index is 1300. The van der Waals surface area contributed by atoms with E-state index in [1.165, 1.54) is 6.07 Å². The fourth-order valence-electron chi connectivity index (χ4n) is 3.59. The van der Waals surface area contributed by atoms with Gasteiger partial charge in [-0.3, -0.25) is 0 Å². The summed E-state index contributed by atoms with van der Waals surface area (Å²) in [5.74, 6) is 0.924. The second-order valence-corrected chi connectivity index (χ2v) is 8.04. The molecule has 1 aliphatic rings. The number of para-hydroxylation sites is 1. The Kier molecular flexibility index (Phi) is 5.04. The first-order valence-electron chi connectivity index (χ1n) is 10.1. The summed E-state index contributed by atoms with van der Waals surface area (Å²) in [6.45, 7) is 1.98. The van der Waals surface area contributed by atoms with Gasteiger partial charge in [-0.25, -0.2) is 4.79 Å². The average Bonchev–Trinajstić information content (AvgIpc) is 3.61. The fourth-order valence-corrected chi connectivity index (χ4v) is 3.72. The van der Waals surface area contributed by atoms with Gasteiger partial charge in [0.15, 0.2) is 10.9 Å². The first kappa shape index (κ1) is 19.5. The number of nitrogens with zero attached hydrogens (tertiary/aromatic N) is 2. The first-order valence-corrected chi connectivity index (χ1v) is 10.5. The maximum Gasteiger partial charge on any atom is 0.343 e. The van der Waals surface area contributed by atoms with Crippen LogP contribution in [0.5, 0.6) is 17.4 Å². The Labute approximate surface area is 184 Å². The molecular formula is C25H19ClN2O3. The lowest BCUT2D eigenvalue weighted by Gasteiger charge is -2.15. The third-order valence-corrected chi connectivity index (χ3v) is 5.53. The van der Waals surface area contributed by atoms with Crippen LogP contribution in [0.25, 0.3) is 10.8 Å². The molecule has 154 valence electrons. The third-order valence-electron chi connectivity index (χ3n) is 5.34. The smallest absolute Gasteiger partial charge is 0.343 e. The Hall–Kier alpha value is -3.44. The van der Waals surface area contributed by atoms with Crippen LogP contribution in [-0.2, 0) is 0 Å². The van der Waals surface area contributed by atoms with Crippen LogP contribution in [0.3, 0.4) is 0 Å². The van der Waals surface area contributed by atoms with Crippen molar-refractivity contribution in [1.29, 1.82) is 0 Å². The molecule has 0 bridgehead atoms. The van der Waals surface area contributed by atoms with Crippen LogP contribution in [0.2, 0.25) is 5.15 Å². The summed E-state index contributed by atoms with van der Waals surface area (Å²) in [6.07, 6.45) is 2.27. The van der Waals surface area contributed by atoms with Crippen molar-refractivity contribution in [1.82, 2.24) is 10.2 Å². The highest BCUT2D eigenvalue weighted by Gasteiger charge is 2.28. The molecule has 1 fully saturated rings. The lowest BCUT2D eigenvalue weighted by atomic mass is 10.1. The van der Waals surface area contributed by atoms with Crippen molar-refractivity contribution < 1.29 is 14.3 Å². The largest absolute Gasteiger partial charge is 0.434 e. The summed E-state index contributed by atoms with van der Waals surface area (Å²) < 4.78 is 11.8. The highest BCUT2D eigenvalue weighted by molar-refractivity contribution is 6.29. The van der Waals surface area contributed by atoms with E-state index in [0.717, 1.165) is 40.5 Å². The second kappa shape index (κ2) is 8.00. The van der Waals surface area contributed by atoms with E-state index in [9.17, 15) is 4.79 Å². The molecular weight excluding hydrogens is 412 g/mol. The minimum absolute atomic E-state index is 0.106. The molecule has 1 aromatic heterocycles. The number of aromatic nitrogens is 2. The minimum Gasteiger partial charge on any atom is -0.434 e. The number of ether oxygens (including phenoxy) is 2. The van der Waals surface area contributed by atoms with Crippen LogP contribution in [-0.4, -0.2) is 16.2 Å². The third kappa shape index (κ3) is 4.09. The summed E-state index contributed by atoms with van der Waals surface area (Å²) in [5, 5.41) is 10.0. The van der Waals surface area contributed by atoms with Gasteiger partial charge in [0.25, 0.3) is 5.88 Å². The van der Waals surface area contributed by atoms with Gasteiger partial charge in [0.2, 0.25) is 0 Å². The van der Waals surface area contributed by atoms with Crippen LogP contribution >= 0.6 is 11.6 Å². The van der Waals surface area contributed by atoms with Gasteiger partial charge in [-0.05, 0) is 59.7 Å². The maximum atomic E-state index is 12.9. The quantitative estimate of drug-likeness (QED) is 0.339. The van der Waals surface area contributed by atoms with E-state index in [1.54, 1.807) is 12.1 Å². The molecule has 0 aliphatic heterocycles. The molecule has 0 saturated heterocycles. The first-order chi connectivity index (χ1) is 15.1. The lowest BCUT2D eigenvalue weighted by Crippen LogP contribution is -2.10. The Morgan fingerprint density at radius 2 is 1.77 bits per heavy atom. The predicted molar refractivity (Wildman–Crippen MR) is 119 cm³/mol. The number of hydrogen-bond donors (Lipinski definition) is 0. The van der Waals surface area contributed by atoms with Crippen molar-refractivity contribution in [3.63, 3.8) is 0 Å². The van der Waals surface area contributed by atoms with Gasteiger partial charge in [0, 0.05) is 6.07 Å². The van der Waals surface area contributed by atoms with Crippen LogP contribution in [0.15, 0.2) is 66.7 Å². The number of carbonyl (C=O) groups excluding carboxylic acids is 1. The molecule has 0 radical (unpaired) electrons. The molecule has 1 aliphatic carbocycles. The zero-order valence-electron chi connectivity index (χ0n) is 16.8. The Balaban J connectivity index is 1.46. The van der Waals surface area contributed by atoms with Crippen molar-refractivity contribution in [2.45, 2.75) is 25.7 Å². The van der Waals surface area contributed by atoms with Crippen molar-refractivity contribution in [2.24, 2.45) is 0 Å². The molecule has 1 heterocycles. The highest BCUT2D eigenvalue weighted by atomic mass is 35.5. The molecule has 3 aromatic carbocycles. The van der Waals surface area contributed by atoms with E-state index in [2.05, 4.69) is 16.3 Å². The number of benzene rings is 3. The van der Waals surface area contributed by atoms with E-state index in [4.69, 9.17) is 21.1 Å². The average molecular weight is 431 g/mol. The van der Waals surface area contributed by atoms with E-state index < -0.39 is 5.97 Å². The normalized spacial score (nSPS) is 13.2. The van der Waals surface area contributed by atoms with Crippen LogP contribution < -0.4 is 9.47 Å². The van der Waals surface area contributed by atoms with Crippen molar-refractivity contribution in [2.75, 3.05) is 0 Å². The molecule has 0 amide bonds. The Morgan fingerprint density at radius 1 is 0.968 bits per heavy atom. The molecule has 0 N–H and O–H groups in total. The Morgan fingerprint density at radius 3 is 2.58 bits per heavy atom. The van der Waals surface area contributed by atoms with Crippen LogP contribution in [0.1, 0.15) is 40.2 Å². The standard InChI is InChI=1S/C25H19ClN2O3/c1-15-5-4-8-20(17-10-11-17)23(15)31-24-21(14-22(26)27-28-24)30-25(29)19-12-9-16-6-2-3-7-18(16)13-19/h2-9,12-14,17H,10-11H2,1H3. The second-order valence-electron chi connectivity index (χ2n) is 7.66. The topological polar surface area (TPSA) is 61.3 Å². The summed E-state index contributed by atoms with van der Waals surface area (Å²) in [7, 11) is 0. The molecule has 0 unspecified atom stereocenters. The molecule has 1 saturated carbocycles. The summed E-state index contributed by atoms with van der Waals surface area (Å²) >= 11 is 6.03. The highest BCUT2D eigenvalue weighted by Crippen LogP contribution is 2.46. The van der Waals surface area contributed by atoms with E-state index in [-0.39, 0.29) is 16.8 Å².